The lowest BCUT2D eigenvalue weighted by Gasteiger charge is -2.26. The Morgan fingerprint density at radius 2 is 2.19 bits per heavy atom. The molecule has 0 spiro atoms. The number of carbonyl (C=O) groups excluding carboxylic acids is 1. The van der Waals surface area contributed by atoms with E-state index in [2.05, 4.69) is 4.90 Å². The zero-order valence-corrected chi connectivity index (χ0v) is 9.90. The second-order valence-electron chi connectivity index (χ2n) is 4.93. The number of hydrogen-bond donors (Lipinski definition) is 2. The van der Waals surface area contributed by atoms with Crippen molar-refractivity contribution in [2.24, 2.45) is 11.1 Å². The highest BCUT2D eigenvalue weighted by atomic mass is 16.4. The lowest BCUT2D eigenvalue weighted by atomic mass is 9.89. The van der Waals surface area contributed by atoms with Crippen LogP contribution in [-0.4, -0.2) is 41.0 Å². The predicted octanol–water partition coefficient (Wildman–Crippen LogP) is 0.437. The molecule has 0 aliphatic carbocycles. The van der Waals surface area contributed by atoms with Crippen LogP contribution in [-0.2, 0) is 9.59 Å². The quantitative estimate of drug-likeness (QED) is 0.715. The number of carboxylic acids is 1. The summed E-state index contributed by atoms with van der Waals surface area (Å²) in [6, 6.07) is 0.192. The van der Waals surface area contributed by atoms with Crippen LogP contribution >= 0.6 is 0 Å². The van der Waals surface area contributed by atoms with Crippen LogP contribution in [0.25, 0.3) is 0 Å². The fourth-order valence-corrected chi connectivity index (χ4v) is 2.09. The number of primary amides is 1. The van der Waals surface area contributed by atoms with Crippen molar-refractivity contribution in [2.45, 2.75) is 39.2 Å². The number of rotatable bonds is 5. The molecule has 0 saturated carbocycles. The normalized spacial score (nSPS) is 27.9. The molecule has 5 heteroatoms. The molecule has 0 bridgehead atoms. The van der Waals surface area contributed by atoms with Crippen LogP contribution in [0, 0.1) is 5.41 Å². The van der Waals surface area contributed by atoms with E-state index >= 15 is 0 Å². The average Bonchev–Trinajstić information content (AvgIpc) is 2.59. The average molecular weight is 228 g/mol. The van der Waals surface area contributed by atoms with Gasteiger partial charge in [0.25, 0.3) is 0 Å². The summed E-state index contributed by atoms with van der Waals surface area (Å²) >= 11 is 0. The minimum atomic E-state index is -0.774. The van der Waals surface area contributed by atoms with E-state index in [1.165, 1.54) is 0 Å². The van der Waals surface area contributed by atoms with Gasteiger partial charge in [0.2, 0.25) is 5.91 Å². The molecule has 1 heterocycles. The summed E-state index contributed by atoms with van der Waals surface area (Å²) in [6.07, 6.45) is 1.55. The number of aliphatic carboxylic acids is 1. The van der Waals surface area contributed by atoms with Crippen molar-refractivity contribution in [3.8, 4) is 0 Å². The lowest BCUT2D eigenvalue weighted by molar-refractivity contribution is -0.137. The minimum absolute atomic E-state index is 0.172. The number of carbonyl (C=O) groups is 2. The first-order valence-corrected chi connectivity index (χ1v) is 5.61. The molecule has 1 saturated heterocycles. The largest absolute Gasteiger partial charge is 0.481 e. The Bertz CT molecular complexity index is 293. The van der Waals surface area contributed by atoms with Gasteiger partial charge in [-0.15, -0.1) is 0 Å². The Kier molecular flexibility index (Phi) is 3.91. The second kappa shape index (κ2) is 4.82. The predicted molar refractivity (Wildman–Crippen MR) is 59.8 cm³/mol. The molecule has 0 aromatic rings. The van der Waals surface area contributed by atoms with E-state index in [4.69, 9.17) is 10.8 Å². The highest BCUT2D eigenvalue weighted by Crippen LogP contribution is 2.31. The van der Waals surface area contributed by atoms with Crippen LogP contribution in [0.3, 0.4) is 0 Å². The van der Waals surface area contributed by atoms with Crippen molar-refractivity contribution in [1.29, 1.82) is 0 Å². The molecule has 1 amide bonds. The molecule has 3 N–H and O–H groups in total. The molecule has 1 aliphatic rings. The third-order valence-corrected chi connectivity index (χ3v) is 3.50. The standard InChI is InChI=1S/C11H20N2O3/c1-8(3-4-9(14)15)13-6-5-11(2,7-13)10(12)16/h8H,3-7H2,1-2H3,(H2,12,16)(H,14,15). The number of carboxylic acid groups (broad SMARTS) is 1. The van der Waals surface area contributed by atoms with E-state index in [1.807, 2.05) is 13.8 Å². The van der Waals surface area contributed by atoms with Crippen LogP contribution in [0.4, 0.5) is 0 Å². The van der Waals surface area contributed by atoms with Gasteiger partial charge in [0.05, 0.1) is 5.41 Å². The Labute approximate surface area is 95.6 Å². The summed E-state index contributed by atoms with van der Waals surface area (Å²) in [6.45, 7) is 5.33. The summed E-state index contributed by atoms with van der Waals surface area (Å²) in [5, 5.41) is 8.60. The van der Waals surface area contributed by atoms with Gasteiger partial charge in [0.1, 0.15) is 0 Å². The fraction of sp³-hybridized carbons (Fsp3) is 0.818. The fourth-order valence-electron chi connectivity index (χ4n) is 2.09. The second-order valence-corrected chi connectivity index (χ2v) is 4.93. The van der Waals surface area contributed by atoms with Crippen molar-refractivity contribution in [3.63, 3.8) is 0 Å². The highest BCUT2D eigenvalue weighted by molar-refractivity contribution is 5.81. The molecule has 0 aromatic heterocycles. The third kappa shape index (κ3) is 2.95. The van der Waals surface area contributed by atoms with Crippen LogP contribution in [0.2, 0.25) is 0 Å². The van der Waals surface area contributed by atoms with E-state index in [0.717, 1.165) is 13.0 Å². The molecule has 5 nitrogen and oxygen atoms in total. The zero-order chi connectivity index (χ0) is 12.3. The molecule has 16 heavy (non-hydrogen) atoms. The number of nitrogens with zero attached hydrogens (tertiary/aromatic N) is 1. The van der Waals surface area contributed by atoms with Gasteiger partial charge in [-0.2, -0.15) is 0 Å². The van der Waals surface area contributed by atoms with Crippen LogP contribution in [0.1, 0.15) is 33.1 Å². The molecule has 1 rings (SSSR count). The molecule has 1 aliphatic heterocycles. The molecule has 0 aromatic carbocycles. The lowest BCUT2D eigenvalue weighted by Crippen LogP contribution is -2.39. The van der Waals surface area contributed by atoms with Crippen LogP contribution < -0.4 is 5.73 Å². The van der Waals surface area contributed by atoms with Crippen molar-refractivity contribution in [3.05, 3.63) is 0 Å². The minimum Gasteiger partial charge on any atom is -0.481 e. The van der Waals surface area contributed by atoms with Crippen molar-refractivity contribution in [1.82, 2.24) is 4.90 Å². The van der Waals surface area contributed by atoms with Gasteiger partial charge in [-0.3, -0.25) is 14.5 Å². The van der Waals surface area contributed by atoms with Crippen molar-refractivity contribution in [2.75, 3.05) is 13.1 Å². The zero-order valence-electron chi connectivity index (χ0n) is 9.90. The maximum Gasteiger partial charge on any atom is 0.303 e. The summed E-state index contributed by atoms with van der Waals surface area (Å²) in [5.41, 5.74) is 4.91. The van der Waals surface area contributed by atoms with Gasteiger partial charge in [-0.1, -0.05) is 0 Å². The molecule has 92 valence electrons. The molecule has 2 unspecified atom stereocenters. The van der Waals surface area contributed by atoms with Crippen molar-refractivity contribution < 1.29 is 14.7 Å². The third-order valence-electron chi connectivity index (χ3n) is 3.50. The van der Waals surface area contributed by atoms with Gasteiger partial charge in [-0.25, -0.2) is 0 Å². The van der Waals surface area contributed by atoms with E-state index in [1.54, 1.807) is 0 Å². The van der Waals surface area contributed by atoms with E-state index in [-0.39, 0.29) is 18.4 Å². The number of amides is 1. The van der Waals surface area contributed by atoms with Gasteiger partial charge in [-0.05, 0) is 33.2 Å². The molecule has 2 atom stereocenters. The van der Waals surface area contributed by atoms with E-state index in [0.29, 0.717) is 13.0 Å². The summed E-state index contributed by atoms with van der Waals surface area (Å²) in [7, 11) is 0. The van der Waals surface area contributed by atoms with E-state index in [9.17, 15) is 9.59 Å². The number of likely N-dealkylation sites (tertiary alicyclic amines) is 1. The first-order chi connectivity index (χ1) is 7.35. The maximum absolute atomic E-state index is 11.3. The molecular formula is C11H20N2O3. The summed E-state index contributed by atoms with van der Waals surface area (Å²) in [5.74, 6) is -1.04. The Hall–Kier alpha value is -1.10. The summed E-state index contributed by atoms with van der Waals surface area (Å²) < 4.78 is 0. The maximum atomic E-state index is 11.3. The Morgan fingerprint density at radius 1 is 1.56 bits per heavy atom. The van der Waals surface area contributed by atoms with E-state index < -0.39 is 11.4 Å². The molecular weight excluding hydrogens is 208 g/mol. The first-order valence-electron chi connectivity index (χ1n) is 5.61. The van der Waals surface area contributed by atoms with Gasteiger partial charge in [0, 0.05) is 19.0 Å². The topological polar surface area (TPSA) is 83.6 Å². The monoisotopic (exact) mass is 228 g/mol. The smallest absolute Gasteiger partial charge is 0.303 e. The first kappa shape index (κ1) is 13.0. The molecule has 0 radical (unpaired) electrons. The van der Waals surface area contributed by atoms with Gasteiger partial charge >= 0.3 is 5.97 Å². The van der Waals surface area contributed by atoms with Crippen LogP contribution in [0.15, 0.2) is 0 Å². The SMILES string of the molecule is CC(CCC(=O)O)N1CCC(C)(C(N)=O)C1. The van der Waals surface area contributed by atoms with Gasteiger partial charge < -0.3 is 10.8 Å². The number of nitrogens with two attached hydrogens (primary N) is 1. The van der Waals surface area contributed by atoms with Crippen molar-refractivity contribution >= 4 is 11.9 Å². The Balaban J connectivity index is 2.46. The molecule has 1 fully saturated rings. The number of hydrogen-bond acceptors (Lipinski definition) is 3. The van der Waals surface area contributed by atoms with Crippen LogP contribution in [0.5, 0.6) is 0 Å². The van der Waals surface area contributed by atoms with Gasteiger partial charge in [0.15, 0.2) is 0 Å². The highest BCUT2D eigenvalue weighted by Gasteiger charge is 2.40. The summed E-state index contributed by atoms with van der Waals surface area (Å²) in [4.78, 5) is 23.9. The Morgan fingerprint density at radius 3 is 2.62 bits per heavy atom.